The van der Waals surface area contributed by atoms with Crippen molar-refractivity contribution in [3.05, 3.63) is 35.4 Å². The highest BCUT2D eigenvalue weighted by Crippen LogP contribution is 2.38. The molecule has 2 unspecified atom stereocenters. The number of hydrogen-bond donors (Lipinski definition) is 1. The van der Waals surface area contributed by atoms with E-state index in [1.54, 1.807) is 12.1 Å². The van der Waals surface area contributed by atoms with Gasteiger partial charge in [-0.25, -0.2) is 8.78 Å². The average molecular weight is 294 g/mol. The van der Waals surface area contributed by atoms with Gasteiger partial charge in [-0.05, 0) is 38.2 Å². The predicted octanol–water partition coefficient (Wildman–Crippen LogP) is 3.32. The smallest absolute Gasteiger partial charge is 0.163 e. The zero-order valence-corrected chi connectivity index (χ0v) is 12.8. The molecule has 3 rings (SSSR count). The molecule has 4 heteroatoms. The highest BCUT2D eigenvalue weighted by molar-refractivity contribution is 5.19. The summed E-state index contributed by atoms with van der Waals surface area (Å²) >= 11 is 0. The zero-order chi connectivity index (χ0) is 15.0. The minimum Gasteiger partial charge on any atom is -0.309 e. The van der Waals surface area contributed by atoms with Gasteiger partial charge in [0.1, 0.15) is 0 Å². The number of benzene rings is 1. The monoisotopic (exact) mass is 294 g/mol. The first-order chi connectivity index (χ1) is 10.0. The molecule has 1 aliphatic carbocycles. The predicted molar refractivity (Wildman–Crippen MR) is 80.0 cm³/mol. The molecule has 0 radical (unpaired) electrons. The van der Waals surface area contributed by atoms with Gasteiger partial charge in [-0.2, -0.15) is 0 Å². The summed E-state index contributed by atoms with van der Waals surface area (Å²) in [6, 6.07) is 4.94. The minimum absolute atomic E-state index is 0.0647. The van der Waals surface area contributed by atoms with Crippen LogP contribution in [-0.4, -0.2) is 29.6 Å². The molecule has 2 fully saturated rings. The maximum atomic E-state index is 14.0. The lowest BCUT2D eigenvalue weighted by Crippen LogP contribution is -2.62. The van der Waals surface area contributed by atoms with Crippen molar-refractivity contribution in [3.8, 4) is 0 Å². The highest BCUT2D eigenvalue weighted by Gasteiger charge is 2.42. The lowest BCUT2D eigenvalue weighted by Gasteiger charge is -2.46. The van der Waals surface area contributed by atoms with E-state index in [-0.39, 0.29) is 5.54 Å². The van der Waals surface area contributed by atoms with Gasteiger partial charge in [-0.3, -0.25) is 4.90 Å². The van der Waals surface area contributed by atoms with Crippen molar-refractivity contribution in [2.75, 3.05) is 13.1 Å². The van der Waals surface area contributed by atoms with Crippen LogP contribution in [0.5, 0.6) is 0 Å². The van der Waals surface area contributed by atoms with Gasteiger partial charge in [-0.15, -0.1) is 0 Å². The van der Waals surface area contributed by atoms with Crippen molar-refractivity contribution in [1.82, 2.24) is 10.2 Å². The molecule has 2 aliphatic rings. The molecule has 1 aromatic carbocycles. The van der Waals surface area contributed by atoms with Crippen molar-refractivity contribution in [2.45, 2.75) is 51.2 Å². The molecule has 0 amide bonds. The van der Waals surface area contributed by atoms with Crippen molar-refractivity contribution < 1.29 is 8.78 Å². The van der Waals surface area contributed by atoms with Crippen LogP contribution < -0.4 is 5.32 Å². The Balaban J connectivity index is 1.80. The molecule has 1 heterocycles. The first-order valence-corrected chi connectivity index (χ1v) is 7.94. The topological polar surface area (TPSA) is 15.3 Å². The highest BCUT2D eigenvalue weighted by atomic mass is 19.2. The molecular weight excluding hydrogens is 270 g/mol. The first kappa shape index (κ1) is 14.9. The lowest BCUT2D eigenvalue weighted by atomic mass is 9.91. The molecule has 1 saturated heterocycles. The third-order valence-corrected chi connectivity index (χ3v) is 5.11. The van der Waals surface area contributed by atoms with Crippen LogP contribution in [0.4, 0.5) is 8.78 Å². The fraction of sp³-hybridized carbons (Fsp3) is 0.647. The Hall–Kier alpha value is -1.00. The quantitative estimate of drug-likeness (QED) is 0.916. The average Bonchev–Trinajstić information content (AvgIpc) is 3.29. The van der Waals surface area contributed by atoms with Crippen molar-refractivity contribution in [1.29, 1.82) is 0 Å². The molecular formula is C17H24F2N2. The molecule has 1 saturated carbocycles. The summed E-state index contributed by atoms with van der Waals surface area (Å²) in [5.41, 5.74) is 0.538. The van der Waals surface area contributed by atoms with Crippen molar-refractivity contribution in [2.24, 2.45) is 5.92 Å². The standard InChI is InChI=1S/C17H24F2N2/c1-3-17(2)11-21(15(9-20-17)12-7-8-12)10-13-5-4-6-14(18)16(13)19/h4-6,12,15,20H,3,7-11H2,1-2H3. The maximum Gasteiger partial charge on any atom is 0.163 e. The van der Waals surface area contributed by atoms with E-state index in [4.69, 9.17) is 0 Å². The van der Waals surface area contributed by atoms with E-state index < -0.39 is 11.6 Å². The van der Waals surface area contributed by atoms with Gasteiger partial charge in [0.05, 0.1) is 0 Å². The summed E-state index contributed by atoms with van der Waals surface area (Å²) in [4.78, 5) is 2.36. The lowest BCUT2D eigenvalue weighted by molar-refractivity contribution is 0.0651. The second-order valence-electron chi connectivity index (χ2n) is 6.82. The number of nitrogens with zero attached hydrogens (tertiary/aromatic N) is 1. The Bertz CT molecular complexity index is 516. The van der Waals surface area contributed by atoms with Crippen molar-refractivity contribution in [3.63, 3.8) is 0 Å². The van der Waals surface area contributed by atoms with Crippen LogP contribution in [0.3, 0.4) is 0 Å². The molecule has 0 bridgehead atoms. The second-order valence-corrected chi connectivity index (χ2v) is 6.82. The van der Waals surface area contributed by atoms with Crippen LogP contribution in [0.15, 0.2) is 18.2 Å². The number of nitrogens with one attached hydrogen (secondary N) is 1. The fourth-order valence-corrected chi connectivity index (χ4v) is 3.35. The SMILES string of the molecule is CCC1(C)CN(Cc2cccc(F)c2F)C(C2CC2)CN1. The largest absolute Gasteiger partial charge is 0.309 e. The molecule has 0 aromatic heterocycles. The van der Waals surface area contributed by atoms with Crippen LogP contribution in [0.25, 0.3) is 0 Å². The Labute approximate surface area is 125 Å². The molecule has 0 spiro atoms. The summed E-state index contributed by atoms with van der Waals surface area (Å²) in [6.07, 6.45) is 3.56. The van der Waals surface area contributed by atoms with E-state index in [1.807, 2.05) is 0 Å². The van der Waals surface area contributed by atoms with Crippen LogP contribution in [0.2, 0.25) is 0 Å². The third kappa shape index (κ3) is 3.11. The van der Waals surface area contributed by atoms with Crippen molar-refractivity contribution >= 4 is 0 Å². The molecule has 2 atom stereocenters. The van der Waals surface area contributed by atoms with Gasteiger partial charge >= 0.3 is 0 Å². The number of hydrogen-bond acceptors (Lipinski definition) is 2. The Morgan fingerprint density at radius 3 is 2.76 bits per heavy atom. The normalized spacial score (nSPS) is 30.6. The van der Waals surface area contributed by atoms with Gasteiger partial charge in [-0.1, -0.05) is 19.1 Å². The summed E-state index contributed by atoms with van der Waals surface area (Å²) in [5, 5.41) is 3.65. The van der Waals surface area contributed by atoms with E-state index >= 15 is 0 Å². The van der Waals surface area contributed by atoms with E-state index in [0.29, 0.717) is 18.2 Å². The number of piperazine rings is 1. The van der Waals surface area contributed by atoms with Gasteiger partial charge in [0.15, 0.2) is 11.6 Å². The van der Waals surface area contributed by atoms with E-state index in [1.165, 1.54) is 18.9 Å². The molecule has 116 valence electrons. The summed E-state index contributed by atoms with van der Waals surface area (Å²) in [6.45, 7) is 6.73. The minimum atomic E-state index is -0.746. The van der Waals surface area contributed by atoms with Crippen LogP contribution in [-0.2, 0) is 6.54 Å². The molecule has 21 heavy (non-hydrogen) atoms. The van der Waals surface area contributed by atoms with Gasteiger partial charge < -0.3 is 5.32 Å². The number of rotatable bonds is 4. The molecule has 2 nitrogen and oxygen atoms in total. The second kappa shape index (κ2) is 5.65. The van der Waals surface area contributed by atoms with Gasteiger partial charge in [0.2, 0.25) is 0 Å². The zero-order valence-electron chi connectivity index (χ0n) is 12.8. The summed E-state index contributed by atoms with van der Waals surface area (Å²) < 4.78 is 27.4. The Morgan fingerprint density at radius 2 is 2.10 bits per heavy atom. The molecule has 1 aromatic rings. The summed E-state index contributed by atoms with van der Waals surface area (Å²) in [5.74, 6) is -0.719. The van der Waals surface area contributed by atoms with E-state index in [2.05, 4.69) is 24.1 Å². The number of halogens is 2. The molecule has 1 aliphatic heterocycles. The van der Waals surface area contributed by atoms with Crippen LogP contribution in [0.1, 0.15) is 38.7 Å². The first-order valence-electron chi connectivity index (χ1n) is 7.94. The van der Waals surface area contributed by atoms with E-state index in [9.17, 15) is 8.78 Å². The Kier molecular flexibility index (Phi) is 4.02. The summed E-state index contributed by atoms with van der Waals surface area (Å²) in [7, 11) is 0. The molecule has 1 N–H and O–H groups in total. The van der Waals surface area contributed by atoms with E-state index in [0.717, 1.165) is 25.4 Å². The van der Waals surface area contributed by atoms with Crippen LogP contribution >= 0.6 is 0 Å². The third-order valence-electron chi connectivity index (χ3n) is 5.11. The van der Waals surface area contributed by atoms with Crippen LogP contribution in [0, 0.1) is 17.6 Å². The maximum absolute atomic E-state index is 14.0. The fourth-order valence-electron chi connectivity index (χ4n) is 3.35. The van der Waals surface area contributed by atoms with Gasteiger partial charge in [0, 0.05) is 36.8 Å². The van der Waals surface area contributed by atoms with Gasteiger partial charge in [0.25, 0.3) is 0 Å². The Morgan fingerprint density at radius 1 is 1.33 bits per heavy atom.